The van der Waals surface area contributed by atoms with Gasteiger partial charge in [0.25, 0.3) is 11.6 Å². The van der Waals surface area contributed by atoms with Crippen molar-refractivity contribution in [1.29, 1.82) is 0 Å². The Bertz CT molecular complexity index is 1670. The van der Waals surface area contributed by atoms with Gasteiger partial charge >= 0.3 is 12.0 Å². The smallest absolute Gasteiger partial charge is 0.337 e. The van der Waals surface area contributed by atoms with E-state index in [-0.39, 0.29) is 36.0 Å². The van der Waals surface area contributed by atoms with Crippen molar-refractivity contribution in [3.63, 3.8) is 0 Å². The van der Waals surface area contributed by atoms with E-state index in [1.54, 1.807) is 55.5 Å². The molecule has 1 heterocycles. The average Bonchev–Trinajstić information content (AvgIpc) is 3.02. The van der Waals surface area contributed by atoms with Crippen molar-refractivity contribution < 1.29 is 38.3 Å². The molecule has 0 unspecified atom stereocenters. The number of carbonyl (C=O) groups is 3. The molecular formula is C30H28BrN5O9. The Morgan fingerprint density at radius 2 is 1.78 bits per heavy atom. The minimum atomic E-state index is -0.789. The number of nitrogens with zero attached hydrogens (tertiary/aromatic N) is 2. The third-order valence-corrected chi connectivity index (χ3v) is 7.07. The Morgan fingerprint density at radius 3 is 2.44 bits per heavy atom. The lowest BCUT2D eigenvalue weighted by Crippen LogP contribution is -2.45. The van der Waals surface area contributed by atoms with Crippen molar-refractivity contribution in [2.24, 2.45) is 5.10 Å². The van der Waals surface area contributed by atoms with Gasteiger partial charge in [0, 0.05) is 17.8 Å². The molecule has 45 heavy (non-hydrogen) atoms. The second-order valence-electron chi connectivity index (χ2n) is 9.46. The van der Waals surface area contributed by atoms with Crippen LogP contribution in [0.15, 0.2) is 81.5 Å². The molecule has 0 saturated carbocycles. The molecule has 0 bridgehead atoms. The van der Waals surface area contributed by atoms with Crippen LogP contribution in [0, 0.1) is 10.1 Å². The molecule has 0 fully saturated rings. The highest BCUT2D eigenvalue weighted by molar-refractivity contribution is 9.10. The molecule has 14 nitrogen and oxygen atoms in total. The summed E-state index contributed by atoms with van der Waals surface area (Å²) in [6, 6.07) is 14.8. The maximum Gasteiger partial charge on any atom is 0.337 e. The van der Waals surface area contributed by atoms with Gasteiger partial charge in [-0.25, -0.2) is 15.0 Å². The number of allylic oxidation sites excluding steroid dienone is 1. The number of amides is 3. The number of halogens is 1. The topological polar surface area (TPSA) is 180 Å². The fourth-order valence-corrected chi connectivity index (χ4v) is 4.76. The molecule has 1 atom stereocenters. The van der Waals surface area contributed by atoms with Crippen molar-refractivity contribution in [1.82, 2.24) is 16.1 Å². The number of hydrogen-bond donors (Lipinski definition) is 3. The van der Waals surface area contributed by atoms with E-state index in [1.807, 2.05) is 0 Å². The number of benzene rings is 3. The molecule has 234 valence electrons. The highest BCUT2D eigenvalue weighted by atomic mass is 79.9. The maximum atomic E-state index is 12.4. The molecule has 0 aromatic heterocycles. The van der Waals surface area contributed by atoms with Gasteiger partial charge in [-0.3, -0.25) is 14.9 Å². The maximum absolute atomic E-state index is 12.4. The van der Waals surface area contributed by atoms with Crippen molar-refractivity contribution in [2.45, 2.75) is 19.6 Å². The van der Waals surface area contributed by atoms with Gasteiger partial charge in [0.1, 0.15) is 12.4 Å². The quantitative estimate of drug-likeness (QED) is 0.109. The number of non-ortho nitro benzene ring substituents is 1. The number of hydrogen-bond acceptors (Lipinski definition) is 10. The Labute approximate surface area is 265 Å². The zero-order valence-electron chi connectivity index (χ0n) is 24.3. The minimum Gasteiger partial charge on any atom is -0.493 e. The largest absolute Gasteiger partial charge is 0.493 e. The Balaban J connectivity index is 1.31. The van der Waals surface area contributed by atoms with Gasteiger partial charge in [-0.2, -0.15) is 5.10 Å². The number of nitrogens with one attached hydrogen (secondary N) is 3. The van der Waals surface area contributed by atoms with Crippen molar-refractivity contribution in [3.8, 4) is 17.2 Å². The third kappa shape index (κ3) is 8.35. The van der Waals surface area contributed by atoms with E-state index in [9.17, 15) is 24.5 Å². The van der Waals surface area contributed by atoms with Gasteiger partial charge in [0.15, 0.2) is 18.1 Å². The first kappa shape index (κ1) is 32.5. The number of nitro benzene ring substituents is 1. The summed E-state index contributed by atoms with van der Waals surface area (Å²) >= 11 is 3.44. The zero-order chi connectivity index (χ0) is 32.5. The van der Waals surface area contributed by atoms with Crippen LogP contribution in [0.4, 0.5) is 10.5 Å². The van der Waals surface area contributed by atoms with Crippen LogP contribution in [0.2, 0.25) is 0 Å². The standard InChI is InChI=1S/C30H28BrN5O9/c1-17-27(29(38)43-3)28(34-30(39)33-17)20-7-11-24(25(13-20)42-2)45-16-26(37)35-32-14-19-6-10-23(22(31)12-19)44-15-18-4-8-21(9-5-18)36(40)41/h4-14,28H,15-16H2,1-3H3,(H,35,37)(H2,33,34,39)/b32-14-/t28-/m1/s1. The molecule has 0 spiro atoms. The molecule has 0 radical (unpaired) electrons. The highest BCUT2D eigenvalue weighted by Gasteiger charge is 2.32. The van der Waals surface area contributed by atoms with Gasteiger partial charge in [-0.15, -0.1) is 0 Å². The van der Waals surface area contributed by atoms with Crippen LogP contribution >= 0.6 is 15.9 Å². The third-order valence-electron chi connectivity index (χ3n) is 6.45. The summed E-state index contributed by atoms with van der Waals surface area (Å²) in [6.45, 7) is 1.44. The van der Waals surface area contributed by atoms with Crippen LogP contribution < -0.4 is 30.3 Å². The fourth-order valence-electron chi connectivity index (χ4n) is 4.25. The molecule has 15 heteroatoms. The van der Waals surface area contributed by atoms with E-state index < -0.39 is 28.9 Å². The molecule has 3 N–H and O–H groups in total. The summed E-state index contributed by atoms with van der Waals surface area (Å²) in [4.78, 5) is 47.2. The monoisotopic (exact) mass is 681 g/mol. The zero-order valence-corrected chi connectivity index (χ0v) is 25.9. The lowest BCUT2D eigenvalue weighted by atomic mass is 9.95. The number of esters is 1. The average molecular weight is 682 g/mol. The molecule has 3 amide bonds. The molecule has 3 aromatic rings. The minimum absolute atomic E-state index is 0.00525. The van der Waals surface area contributed by atoms with Crippen LogP contribution in [0.25, 0.3) is 0 Å². The Morgan fingerprint density at radius 1 is 1.04 bits per heavy atom. The summed E-state index contributed by atoms with van der Waals surface area (Å²) in [7, 11) is 2.67. The lowest BCUT2D eigenvalue weighted by molar-refractivity contribution is -0.384. The van der Waals surface area contributed by atoms with E-state index >= 15 is 0 Å². The van der Waals surface area contributed by atoms with Crippen molar-refractivity contribution in [3.05, 3.63) is 103 Å². The van der Waals surface area contributed by atoms with Crippen LogP contribution in [0.3, 0.4) is 0 Å². The first-order valence-corrected chi connectivity index (χ1v) is 14.0. The summed E-state index contributed by atoms with van der Waals surface area (Å²) < 4.78 is 22.3. The lowest BCUT2D eigenvalue weighted by Gasteiger charge is -2.28. The number of methoxy groups -OCH3 is 2. The summed E-state index contributed by atoms with van der Waals surface area (Å²) in [5, 5.41) is 20.0. The second-order valence-corrected chi connectivity index (χ2v) is 10.3. The molecular weight excluding hydrogens is 654 g/mol. The molecule has 0 saturated heterocycles. The molecule has 3 aromatic carbocycles. The van der Waals surface area contributed by atoms with Crippen molar-refractivity contribution in [2.75, 3.05) is 20.8 Å². The Kier molecular flexibility index (Phi) is 10.7. The SMILES string of the molecule is COC(=O)C1=C(C)NC(=O)N[C@@H]1c1ccc(OCC(=O)N/N=C\c2ccc(OCc3ccc([N+](=O)[O-])cc3)c(Br)c2)c(OC)c1. The van der Waals surface area contributed by atoms with E-state index in [4.69, 9.17) is 18.9 Å². The van der Waals surface area contributed by atoms with E-state index in [1.165, 1.54) is 32.6 Å². The number of rotatable bonds is 12. The van der Waals surface area contributed by atoms with Crippen molar-refractivity contribution >= 4 is 45.7 Å². The molecule has 1 aliphatic rings. The predicted molar refractivity (Wildman–Crippen MR) is 165 cm³/mol. The van der Waals surface area contributed by atoms with Crippen LogP contribution in [0.5, 0.6) is 17.2 Å². The number of carbonyl (C=O) groups excluding carboxylic acids is 3. The number of hydrazone groups is 1. The number of urea groups is 1. The normalized spacial score (nSPS) is 14.3. The first-order chi connectivity index (χ1) is 21.6. The molecule has 4 rings (SSSR count). The fraction of sp³-hybridized carbons (Fsp3) is 0.200. The van der Waals surface area contributed by atoms with Crippen LogP contribution in [-0.2, 0) is 20.9 Å². The van der Waals surface area contributed by atoms with E-state index in [2.05, 4.69) is 37.1 Å². The van der Waals surface area contributed by atoms with Gasteiger partial charge in [0.05, 0.1) is 41.4 Å². The molecule has 0 aliphatic carbocycles. The van der Waals surface area contributed by atoms with E-state index in [0.717, 1.165) is 5.56 Å². The number of ether oxygens (including phenoxy) is 4. The van der Waals surface area contributed by atoms with E-state index in [0.29, 0.717) is 27.0 Å². The van der Waals surface area contributed by atoms with Crippen LogP contribution in [-0.4, -0.2) is 49.9 Å². The van der Waals surface area contributed by atoms with Gasteiger partial charge < -0.3 is 29.6 Å². The highest BCUT2D eigenvalue weighted by Crippen LogP contribution is 2.34. The Hall–Kier alpha value is -5.44. The summed E-state index contributed by atoms with van der Waals surface area (Å²) in [5.41, 5.74) is 4.97. The van der Waals surface area contributed by atoms with Crippen LogP contribution in [0.1, 0.15) is 29.7 Å². The molecule has 1 aliphatic heterocycles. The number of nitro groups is 1. The van der Waals surface area contributed by atoms with Gasteiger partial charge in [-0.05, 0) is 82.0 Å². The van der Waals surface area contributed by atoms with Gasteiger partial charge in [0.2, 0.25) is 0 Å². The first-order valence-electron chi connectivity index (χ1n) is 13.2. The predicted octanol–water partition coefficient (Wildman–Crippen LogP) is 4.27. The van der Waals surface area contributed by atoms with Gasteiger partial charge in [-0.1, -0.05) is 6.07 Å². The summed E-state index contributed by atoms with van der Waals surface area (Å²) in [5.74, 6) is -0.0407. The second kappa shape index (κ2) is 14.8. The summed E-state index contributed by atoms with van der Waals surface area (Å²) in [6.07, 6.45) is 1.44.